The van der Waals surface area contributed by atoms with Crippen LogP contribution in [0.25, 0.3) is 11.3 Å². The van der Waals surface area contributed by atoms with Gasteiger partial charge in [0.05, 0.1) is 25.1 Å². The van der Waals surface area contributed by atoms with E-state index in [0.29, 0.717) is 80.6 Å². The van der Waals surface area contributed by atoms with E-state index in [1.54, 1.807) is 18.3 Å². The van der Waals surface area contributed by atoms with Gasteiger partial charge in [0.25, 0.3) is 0 Å². The fraction of sp³-hybridized carbons (Fsp3) is 0.545. The molecule has 0 bridgehead atoms. The fourth-order valence-electron chi connectivity index (χ4n) is 6.14. The van der Waals surface area contributed by atoms with Crippen molar-refractivity contribution in [3.8, 4) is 11.3 Å². The lowest BCUT2D eigenvalue weighted by molar-refractivity contribution is -0.174. The molecule has 1 aromatic carbocycles. The summed E-state index contributed by atoms with van der Waals surface area (Å²) in [6, 6.07) is 8.34. The van der Waals surface area contributed by atoms with Crippen molar-refractivity contribution in [2.75, 3.05) is 19.8 Å². The molecule has 44 heavy (non-hydrogen) atoms. The summed E-state index contributed by atoms with van der Waals surface area (Å²) >= 11 is 0. The van der Waals surface area contributed by atoms with E-state index in [1.807, 2.05) is 16.7 Å². The van der Waals surface area contributed by atoms with Gasteiger partial charge in [0.15, 0.2) is 0 Å². The molecule has 1 N–H and O–H groups in total. The maximum atomic E-state index is 15.6. The highest BCUT2D eigenvalue weighted by molar-refractivity contribution is 6.76. The molecule has 6 rings (SSSR count). The topological polar surface area (TPSA) is 101 Å². The van der Waals surface area contributed by atoms with Crippen LogP contribution in [-0.2, 0) is 37.1 Å². The van der Waals surface area contributed by atoms with Gasteiger partial charge in [-0.1, -0.05) is 43.0 Å². The van der Waals surface area contributed by atoms with Crippen molar-refractivity contribution in [2.45, 2.75) is 94.6 Å². The predicted octanol–water partition coefficient (Wildman–Crippen LogP) is 6.60. The first-order valence-electron chi connectivity index (χ1n) is 15.8. The summed E-state index contributed by atoms with van der Waals surface area (Å²) in [5.41, 5.74) is 2.09. The zero-order valence-electron chi connectivity index (χ0n) is 25.9. The van der Waals surface area contributed by atoms with Crippen molar-refractivity contribution in [1.29, 1.82) is 0 Å². The maximum absolute atomic E-state index is 15.6. The van der Waals surface area contributed by atoms with Gasteiger partial charge >= 0.3 is 0 Å². The number of hydrogen-bond donors (Lipinski definition) is 1. The molecule has 0 unspecified atom stereocenters. The van der Waals surface area contributed by atoms with Gasteiger partial charge in [-0.15, -0.1) is 0 Å². The molecule has 11 heteroatoms. The van der Waals surface area contributed by atoms with Gasteiger partial charge in [0.1, 0.15) is 35.9 Å². The van der Waals surface area contributed by atoms with Crippen molar-refractivity contribution in [1.82, 2.24) is 20.0 Å². The first-order chi connectivity index (χ1) is 21.2. The van der Waals surface area contributed by atoms with Crippen LogP contribution >= 0.6 is 0 Å². The molecular weight excluding hydrogens is 579 g/mol. The van der Waals surface area contributed by atoms with Crippen LogP contribution in [0.1, 0.15) is 67.9 Å². The molecule has 9 nitrogen and oxygen atoms in total. The van der Waals surface area contributed by atoms with E-state index in [2.05, 4.69) is 42.3 Å². The lowest BCUT2D eigenvalue weighted by Crippen LogP contribution is -2.41. The fourth-order valence-corrected chi connectivity index (χ4v) is 6.89. The summed E-state index contributed by atoms with van der Waals surface area (Å²) in [5, 5.41) is 7.28. The molecule has 236 valence electrons. The second kappa shape index (κ2) is 12.7. The Morgan fingerprint density at radius 2 is 2.00 bits per heavy atom. The van der Waals surface area contributed by atoms with Gasteiger partial charge < -0.3 is 28.6 Å². The molecule has 0 radical (unpaired) electrons. The zero-order valence-corrected chi connectivity index (χ0v) is 26.9. The van der Waals surface area contributed by atoms with Gasteiger partial charge in [-0.25, -0.2) is 9.37 Å². The predicted molar refractivity (Wildman–Crippen MR) is 166 cm³/mol. The molecule has 4 heterocycles. The number of hydrogen-bond acceptors (Lipinski definition) is 7. The van der Waals surface area contributed by atoms with Crippen molar-refractivity contribution < 1.29 is 27.9 Å². The van der Waals surface area contributed by atoms with Crippen molar-refractivity contribution in [3.05, 3.63) is 71.8 Å². The number of ether oxygens (including phenoxy) is 3. The van der Waals surface area contributed by atoms with Crippen LogP contribution in [0.3, 0.4) is 0 Å². The Labute approximate surface area is 259 Å². The normalized spacial score (nSPS) is 21.9. The Kier molecular flexibility index (Phi) is 8.92. The van der Waals surface area contributed by atoms with Crippen LogP contribution in [0.15, 0.2) is 53.4 Å². The summed E-state index contributed by atoms with van der Waals surface area (Å²) in [6.07, 6.45) is 12.4. The Bertz CT molecular complexity index is 1470. The summed E-state index contributed by atoms with van der Waals surface area (Å²) < 4.78 is 40.6. The minimum absolute atomic E-state index is 0.0214. The van der Waals surface area contributed by atoms with E-state index in [9.17, 15) is 4.79 Å². The van der Waals surface area contributed by atoms with E-state index in [0.717, 1.165) is 24.4 Å². The van der Waals surface area contributed by atoms with Crippen molar-refractivity contribution in [3.63, 3.8) is 0 Å². The third-order valence-corrected chi connectivity index (χ3v) is 10.5. The Hall–Kier alpha value is -3.12. The quantitative estimate of drug-likeness (QED) is 0.123. The third kappa shape index (κ3) is 6.75. The van der Waals surface area contributed by atoms with E-state index in [-0.39, 0.29) is 18.5 Å². The highest BCUT2D eigenvalue weighted by Gasteiger charge is 2.43. The molecule has 3 fully saturated rings. The molecule has 3 aromatic rings. The first kappa shape index (κ1) is 30.9. The summed E-state index contributed by atoms with van der Waals surface area (Å²) in [4.78, 5) is 17.5. The van der Waals surface area contributed by atoms with Crippen LogP contribution in [0.2, 0.25) is 25.7 Å². The molecule has 2 saturated heterocycles. The number of imidazole rings is 1. The molecule has 1 atom stereocenters. The molecule has 1 amide bonds. The number of carbonyl (C=O) groups excluding carboxylic acids is 1. The van der Waals surface area contributed by atoms with Gasteiger partial charge in [-0.2, -0.15) is 0 Å². The van der Waals surface area contributed by atoms with Crippen molar-refractivity contribution >= 4 is 14.0 Å². The number of halogens is 1. The lowest BCUT2D eigenvalue weighted by atomic mass is 9.91. The zero-order chi connectivity index (χ0) is 30.8. The van der Waals surface area contributed by atoms with Crippen LogP contribution in [-0.4, -0.2) is 48.5 Å². The number of rotatable bonds is 14. The summed E-state index contributed by atoms with van der Waals surface area (Å²) in [5.74, 6) is -0.0416. The Balaban J connectivity index is 1.24. The van der Waals surface area contributed by atoms with Gasteiger partial charge in [0, 0.05) is 39.2 Å². The number of allylic oxidation sites excluding steroid dienone is 1. The standard InChI is InChI=1S/C33H43FN4O5Si/c1-44(2,3)20-19-40-23-38-28(26-10-9-25(21-27(26)34)24-7-8-24)22-35-31(38)32(15-11-30(39)36-32)13-5-4-6-14-33(41-17-18-42-33)29-12-16-43-37-29/h4-5,9-10,12,16,21-22,24H,6-8,11,13-15,17-20,23H2,1-3H3,(H,36,39)/b5-4+/t32-/m0/s1. The summed E-state index contributed by atoms with van der Waals surface area (Å²) in [6.45, 7) is 8.79. The Morgan fingerprint density at radius 3 is 2.66 bits per heavy atom. The number of carbonyl (C=O) groups is 1. The molecule has 2 aromatic heterocycles. The average Bonchev–Trinajstić information content (AvgIpc) is 3.39. The smallest absolute Gasteiger partial charge is 0.220 e. The number of nitrogens with one attached hydrogen (secondary N) is 1. The lowest BCUT2D eigenvalue weighted by Gasteiger charge is -2.29. The average molecular weight is 623 g/mol. The molecule has 1 saturated carbocycles. The van der Waals surface area contributed by atoms with Gasteiger partial charge in [-0.05, 0) is 61.8 Å². The van der Waals surface area contributed by atoms with Gasteiger partial charge in [-0.3, -0.25) is 4.79 Å². The monoisotopic (exact) mass is 622 g/mol. The molecule has 2 aliphatic heterocycles. The molecule has 0 spiro atoms. The largest absolute Gasteiger partial charge is 0.364 e. The van der Waals surface area contributed by atoms with E-state index < -0.39 is 19.4 Å². The number of aromatic nitrogens is 3. The SMILES string of the molecule is C[Si](C)(C)CCOCn1c(-c2ccc(C3CC3)cc2F)cnc1[C@]1(C/C=C/CCC2(c3ccon3)OCCO2)CCC(=O)N1. The maximum Gasteiger partial charge on any atom is 0.220 e. The minimum atomic E-state index is -1.30. The van der Waals surface area contributed by atoms with Crippen LogP contribution in [0, 0.1) is 5.82 Å². The van der Waals surface area contributed by atoms with Gasteiger partial charge in [0.2, 0.25) is 11.7 Å². The van der Waals surface area contributed by atoms with E-state index >= 15 is 4.39 Å². The van der Waals surface area contributed by atoms with Crippen molar-refractivity contribution in [2.24, 2.45) is 0 Å². The number of nitrogens with zero attached hydrogens (tertiary/aromatic N) is 3. The minimum Gasteiger partial charge on any atom is -0.364 e. The van der Waals surface area contributed by atoms with Crippen LogP contribution in [0.5, 0.6) is 0 Å². The molecule has 3 aliphatic rings. The van der Waals surface area contributed by atoms with E-state index in [4.69, 9.17) is 23.7 Å². The first-order valence-corrected chi connectivity index (χ1v) is 19.5. The second-order valence-corrected chi connectivity index (χ2v) is 19.1. The van der Waals surface area contributed by atoms with E-state index in [1.165, 1.54) is 6.26 Å². The summed E-state index contributed by atoms with van der Waals surface area (Å²) in [7, 11) is -1.30. The highest BCUT2D eigenvalue weighted by atomic mass is 28.3. The third-order valence-electron chi connectivity index (χ3n) is 8.83. The highest BCUT2D eigenvalue weighted by Crippen LogP contribution is 2.42. The molecule has 1 aliphatic carbocycles. The Morgan fingerprint density at radius 1 is 1.18 bits per heavy atom. The second-order valence-electron chi connectivity index (χ2n) is 13.4. The molecular formula is C33H43FN4O5Si. The number of benzene rings is 1. The van der Waals surface area contributed by atoms with Crippen LogP contribution in [0.4, 0.5) is 4.39 Å². The van der Waals surface area contributed by atoms with Crippen LogP contribution < -0.4 is 5.32 Å². The number of amides is 1.